The van der Waals surface area contributed by atoms with Gasteiger partial charge in [0.15, 0.2) is 0 Å². The van der Waals surface area contributed by atoms with Gasteiger partial charge in [0, 0.05) is 44.8 Å². The van der Waals surface area contributed by atoms with Gasteiger partial charge in [-0.1, -0.05) is 0 Å². The minimum atomic E-state index is 0.0361. The first-order valence-corrected chi connectivity index (χ1v) is 8.72. The second kappa shape index (κ2) is 7.18. The molecule has 0 spiro atoms. The molecule has 4 rings (SSSR count). The molecule has 1 fully saturated rings. The Morgan fingerprint density at radius 1 is 1.20 bits per heavy atom. The Morgan fingerprint density at radius 2 is 2.00 bits per heavy atom. The van der Waals surface area contributed by atoms with Gasteiger partial charge in [0.05, 0.1) is 18.3 Å². The van der Waals surface area contributed by atoms with Crippen LogP contribution in [-0.4, -0.2) is 68.2 Å². The lowest BCUT2D eigenvalue weighted by molar-refractivity contribution is -0.131. The fourth-order valence-electron chi connectivity index (χ4n) is 3.50. The van der Waals surface area contributed by atoms with E-state index in [1.54, 1.807) is 24.7 Å². The van der Waals surface area contributed by atoms with Crippen molar-refractivity contribution in [3.05, 3.63) is 36.4 Å². The van der Waals surface area contributed by atoms with Crippen molar-refractivity contribution in [3.8, 4) is 6.01 Å². The van der Waals surface area contributed by atoms with Gasteiger partial charge in [-0.05, 0) is 25.0 Å². The van der Waals surface area contributed by atoms with Gasteiger partial charge < -0.3 is 9.64 Å². The fraction of sp³-hybridized carbons (Fsp3) is 0.529. The molecule has 25 heavy (non-hydrogen) atoms. The van der Waals surface area contributed by atoms with Crippen molar-refractivity contribution in [3.63, 3.8) is 0 Å². The highest BCUT2D eigenvalue weighted by atomic mass is 16.5. The average molecular weight is 342 g/mol. The van der Waals surface area contributed by atoms with Crippen molar-refractivity contribution in [2.24, 2.45) is 0 Å². The van der Waals surface area contributed by atoms with E-state index in [0.717, 1.165) is 44.7 Å². The Kier molecular flexibility index (Phi) is 4.60. The number of fused-ring (bicyclic) bond motifs is 1. The number of carbonyl (C=O) groups is 1. The average Bonchev–Trinajstić information content (AvgIpc) is 3.32. The number of ether oxygens (including phenoxy) is 1. The molecule has 1 saturated heterocycles. The molecule has 132 valence electrons. The van der Waals surface area contributed by atoms with Gasteiger partial charge in [-0.2, -0.15) is 5.10 Å². The van der Waals surface area contributed by atoms with E-state index in [2.05, 4.69) is 20.0 Å². The van der Waals surface area contributed by atoms with Crippen LogP contribution in [0.1, 0.15) is 24.6 Å². The normalized spacial score (nSPS) is 20.5. The maximum atomic E-state index is 12.5. The number of hydrogen-bond acceptors (Lipinski definition) is 6. The van der Waals surface area contributed by atoms with Crippen molar-refractivity contribution >= 4 is 5.91 Å². The summed E-state index contributed by atoms with van der Waals surface area (Å²) in [6, 6.07) is 4.15. The predicted octanol–water partition coefficient (Wildman–Crippen LogP) is 0.731. The molecule has 2 aliphatic heterocycles. The maximum Gasteiger partial charge on any atom is 0.316 e. The predicted molar refractivity (Wildman–Crippen MR) is 89.9 cm³/mol. The molecular weight excluding hydrogens is 320 g/mol. The lowest BCUT2D eigenvalue weighted by Crippen LogP contribution is -2.45. The van der Waals surface area contributed by atoms with Gasteiger partial charge in [-0.3, -0.25) is 14.4 Å². The Hall–Kier alpha value is -2.48. The summed E-state index contributed by atoms with van der Waals surface area (Å²) < 4.78 is 7.71. The molecule has 1 amide bonds. The quantitative estimate of drug-likeness (QED) is 0.797. The Morgan fingerprint density at radius 3 is 2.80 bits per heavy atom. The SMILES string of the molecule is O=C(CN1Cc2ccnn2C(COc2ncccn2)C1)N1CCCC1. The van der Waals surface area contributed by atoms with E-state index < -0.39 is 0 Å². The summed E-state index contributed by atoms with van der Waals surface area (Å²) in [6.07, 6.45) is 7.35. The molecule has 8 nitrogen and oxygen atoms in total. The largest absolute Gasteiger partial charge is 0.461 e. The lowest BCUT2D eigenvalue weighted by atomic mass is 10.2. The number of carbonyl (C=O) groups excluding carboxylic acids is 1. The van der Waals surface area contributed by atoms with E-state index in [-0.39, 0.29) is 11.9 Å². The van der Waals surface area contributed by atoms with E-state index in [4.69, 9.17) is 4.74 Å². The summed E-state index contributed by atoms with van der Waals surface area (Å²) in [5, 5.41) is 4.42. The molecule has 0 radical (unpaired) electrons. The van der Waals surface area contributed by atoms with Crippen LogP contribution in [0, 0.1) is 0 Å². The second-order valence-corrected chi connectivity index (χ2v) is 6.52. The first kappa shape index (κ1) is 16.0. The molecule has 0 N–H and O–H groups in total. The Bertz CT molecular complexity index is 713. The topological polar surface area (TPSA) is 76.4 Å². The number of rotatable bonds is 5. The van der Waals surface area contributed by atoms with Crippen LogP contribution >= 0.6 is 0 Å². The van der Waals surface area contributed by atoms with E-state index in [1.807, 2.05) is 15.6 Å². The zero-order valence-corrected chi connectivity index (χ0v) is 14.1. The highest BCUT2D eigenvalue weighted by molar-refractivity contribution is 5.78. The summed E-state index contributed by atoms with van der Waals surface area (Å²) in [6.45, 7) is 4.11. The molecule has 1 unspecified atom stereocenters. The third kappa shape index (κ3) is 3.63. The highest BCUT2D eigenvalue weighted by Crippen LogP contribution is 2.21. The van der Waals surface area contributed by atoms with Crippen molar-refractivity contribution in [1.82, 2.24) is 29.5 Å². The zero-order chi connectivity index (χ0) is 17.1. The molecule has 2 aliphatic rings. The van der Waals surface area contributed by atoms with Gasteiger partial charge in [-0.15, -0.1) is 0 Å². The third-order valence-electron chi connectivity index (χ3n) is 4.72. The first-order valence-electron chi connectivity index (χ1n) is 8.72. The molecule has 0 aliphatic carbocycles. The Balaban J connectivity index is 1.41. The lowest BCUT2D eigenvalue weighted by Gasteiger charge is -2.33. The molecule has 8 heteroatoms. The monoisotopic (exact) mass is 342 g/mol. The molecule has 4 heterocycles. The smallest absolute Gasteiger partial charge is 0.316 e. The van der Waals surface area contributed by atoms with Crippen LogP contribution in [-0.2, 0) is 11.3 Å². The molecule has 0 bridgehead atoms. The summed E-state index contributed by atoms with van der Waals surface area (Å²) >= 11 is 0. The van der Waals surface area contributed by atoms with Gasteiger partial charge in [-0.25, -0.2) is 9.97 Å². The highest BCUT2D eigenvalue weighted by Gasteiger charge is 2.29. The molecule has 2 aromatic heterocycles. The maximum absolute atomic E-state index is 12.5. The molecule has 0 saturated carbocycles. The van der Waals surface area contributed by atoms with Gasteiger partial charge in [0.2, 0.25) is 5.91 Å². The van der Waals surface area contributed by atoms with Gasteiger partial charge in [0.1, 0.15) is 6.61 Å². The van der Waals surface area contributed by atoms with E-state index >= 15 is 0 Å². The van der Waals surface area contributed by atoms with Gasteiger partial charge >= 0.3 is 6.01 Å². The standard InChI is InChI=1S/C17H22N6O2/c24-16(22-8-1-2-9-22)12-21-10-14-4-7-20-23(14)15(11-21)13-25-17-18-5-3-6-19-17/h3-7,15H,1-2,8-13H2. The van der Waals surface area contributed by atoms with Crippen molar-refractivity contribution in [2.75, 3.05) is 32.8 Å². The van der Waals surface area contributed by atoms with E-state index in [0.29, 0.717) is 19.2 Å². The van der Waals surface area contributed by atoms with Gasteiger partial charge in [0.25, 0.3) is 0 Å². The van der Waals surface area contributed by atoms with Crippen LogP contribution in [0.2, 0.25) is 0 Å². The second-order valence-electron chi connectivity index (χ2n) is 6.52. The number of amides is 1. The Labute approximate surface area is 146 Å². The molecule has 0 aromatic carbocycles. The van der Waals surface area contributed by atoms with E-state index in [9.17, 15) is 4.79 Å². The summed E-state index contributed by atoms with van der Waals surface area (Å²) in [7, 11) is 0. The number of hydrogen-bond donors (Lipinski definition) is 0. The fourth-order valence-corrected chi connectivity index (χ4v) is 3.50. The first-order chi connectivity index (χ1) is 12.3. The molecule has 1 atom stereocenters. The van der Waals surface area contributed by atoms with Crippen LogP contribution in [0.4, 0.5) is 0 Å². The zero-order valence-electron chi connectivity index (χ0n) is 14.1. The summed E-state index contributed by atoms with van der Waals surface area (Å²) in [4.78, 5) is 24.8. The molecular formula is C17H22N6O2. The van der Waals surface area contributed by atoms with Crippen LogP contribution in [0.3, 0.4) is 0 Å². The van der Waals surface area contributed by atoms with Crippen LogP contribution in [0.15, 0.2) is 30.7 Å². The summed E-state index contributed by atoms with van der Waals surface area (Å²) in [5.41, 5.74) is 1.10. The minimum Gasteiger partial charge on any atom is -0.461 e. The summed E-state index contributed by atoms with van der Waals surface area (Å²) in [5.74, 6) is 0.219. The minimum absolute atomic E-state index is 0.0361. The number of aromatic nitrogens is 4. The number of nitrogens with zero attached hydrogens (tertiary/aromatic N) is 6. The van der Waals surface area contributed by atoms with Crippen LogP contribution in [0.5, 0.6) is 6.01 Å². The van der Waals surface area contributed by atoms with Crippen LogP contribution < -0.4 is 4.74 Å². The van der Waals surface area contributed by atoms with E-state index in [1.165, 1.54) is 0 Å². The van der Waals surface area contributed by atoms with Crippen molar-refractivity contribution in [1.29, 1.82) is 0 Å². The van der Waals surface area contributed by atoms with Crippen molar-refractivity contribution < 1.29 is 9.53 Å². The van der Waals surface area contributed by atoms with Crippen molar-refractivity contribution in [2.45, 2.75) is 25.4 Å². The molecule has 2 aromatic rings. The van der Waals surface area contributed by atoms with Crippen LogP contribution in [0.25, 0.3) is 0 Å². The third-order valence-corrected chi connectivity index (χ3v) is 4.72. The number of likely N-dealkylation sites (tertiary alicyclic amines) is 1.